The van der Waals surface area contributed by atoms with Gasteiger partial charge in [-0.25, -0.2) is 0 Å². The molecule has 0 radical (unpaired) electrons. The van der Waals surface area contributed by atoms with Gasteiger partial charge in [0.1, 0.15) is 0 Å². The molecule has 0 atom stereocenters. The highest BCUT2D eigenvalue weighted by Crippen LogP contribution is 2.47. The summed E-state index contributed by atoms with van der Waals surface area (Å²) in [6, 6.07) is 8.34. The van der Waals surface area contributed by atoms with Crippen molar-refractivity contribution in [2.75, 3.05) is 13.1 Å². The van der Waals surface area contributed by atoms with Crippen LogP contribution in [0.15, 0.2) is 24.3 Å². The summed E-state index contributed by atoms with van der Waals surface area (Å²) in [5.74, 6) is 0.723. The molecule has 1 saturated carbocycles. The quantitative estimate of drug-likeness (QED) is 0.825. The zero-order chi connectivity index (χ0) is 11.6. The maximum absolute atomic E-state index is 5.91. The highest BCUT2D eigenvalue weighted by molar-refractivity contribution is 6.30. The van der Waals surface area contributed by atoms with Gasteiger partial charge in [-0.2, -0.15) is 0 Å². The molecule has 1 aliphatic carbocycles. The van der Waals surface area contributed by atoms with Gasteiger partial charge < -0.3 is 5.32 Å². The lowest BCUT2D eigenvalue weighted by Crippen LogP contribution is -2.29. The summed E-state index contributed by atoms with van der Waals surface area (Å²) >= 11 is 5.91. The van der Waals surface area contributed by atoms with E-state index >= 15 is 0 Å². The van der Waals surface area contributed by atoms with Crippen molar-refractivity contribution in [3.05, 3.63) is 34.9 Å². The molecular weight excluding hydrogens is 218 g/mol. The SMILES string of the molecule is CC(C)CNCC1(c2ccc(Cl)cc2)CC1. The van der Waals surface area contributed by atoms with Gasteiger partial charge in [-0.1, -0.05) is 37.6 Å². The Morgan fingerprint density at radius 1 is 1.25 bits per heavy atom. The van der Waals surface area contributed by atoms with Gasteiger partial charge in [0, 0.05) is 17.0 Å². The van der Waals surface area contributed by atoms with Crippen molar-refractivity contribution in [1.29, 1.82) is 0 Å². The number of nitrogens with one attached hydrogen (secondary N) is 1. The van der Waals surface area contributed by atoms with Gasteiger partial charge in [-0.05, 0) is 43.0 Å². The topological polar surface area (TPSA) is 12.0 Å². The van der Waals surface area contributed by atoms with E-state index < -0.39 is 0 Å². The number of hydrogen-bond acceptors (Lipinski definition) is 1. The third-order valence-electron chi connectivity index (χ3n) is 3.33. The molecule has 2 rings (SSSR count). The van der Waals surface area contributed by atoms with Crippen molar-refractivity contribution in [3.8, 4) is 0 Å². The monoisotopic (exact) mass is 237 g/mol. The first-order valence-electron chi connectivity index (χ1n) is 6.09. The molecule has 88 valence electrons. The summed E-state index contributed by atoms with van der Waals surface area (Å²) in [5, 5.41) is 4.40. The number of benzene rings is 1. The third-order valence-corrected chi connectivity index (χ3v) is 3.58. The van der Waals surface area contributed by atoms with Gasteiger partial charge in [0.25, 0.3) is 0 Å². The van der Waals surface area contributed by atoms with Crippen LogP contribution in [0.4, 0.5) is 0 Å². The molecule has 0 heterocycles. The summed E-state index contributed by atoms with van der Waals surface area (Å²) in [4.78, 5) is 0. The van der Waals surface area contributed by atoms with Crippen LogP contribution in [0.5, 0.6) is 0 Å². The van der Waals surface area contributed by atoms with Gasteiger partial charge in [0.05, 0.1) is 0 Å². The molecule has 1 N–H and O–H groups in total. The van der Waals surface area contributed by atoms with E-state index in [9.17, 15) is 0 Å². The highest BCUT2D eigenvalue weighted by Gasteiger charge is 2.43. The Balaban J connectivity index is 1.95. The van der Waals surface area contributed by atoms with Crippen LogP contribution < -0.4 is 5.32 Å². The molecule has 2 heteroatoms. The van der Waals surface area contributed by atoms with Crippen molar-refractivity contribution < 1.29 is 0 Å². The van der Waals surface area contributed by atoms with Crippen LogP contribution in [0.3, 0.4) is 0 Å². The fourth-order valence-electron chi connectivity index (χ4n) is 2.12. The minimum atomic E-state index is 0.402. The predicted molar refractivity (Wildman–Crippen MR) is 70.1 cm³/mol. The molecule has 1 aromatic carbocycles. The Labute approximate surface area is 103 Å². The van der Waals surface area contributed by atoms with Crippen molar-refractivity contribution >= 4 is 11.6 Å². The maximum atomic E-state index is 5.91. The maximum Gasteiger partial charge on any atom is 0.0406 e. The van der Waals surface area contributed by atoms with E-state index in [0.717, 1.165) is 24.0 Å². The normalized spacial score (nSPS) is 17.8. The fraction of sp³-hybridized carbons (Fsp3) is 0.571. The van der Waals surface area contributed by atoms with E-state index in [2.05, 4.69) is 31.3 Å². The van der Waals surface area contributed by atoms with Crippen LogP contribution >= 0.6 is 11.6 Å². The number of rotatable bonds is 5. The average molecular weight is 238 g/mol. The van der Waals surface area contributed by atoms with Crippen molar-refractivity contribution in [1.82, 2.24) is 5.32 Å². The molecule has 0 aliphatic heterocycles. The van der Waals surface area contributed by atoms with E-state index in [1.807, 2.05) is 12.1 Å². The fourth-order valence-corrected chi connectivity index (χ4v) is 2.25. The van der Waals surface area contributed by atoms with Gasteiger partial charge >= 0.3 is 0 Å². The van der Waals surface area contributed by atoms with Crippen LogP contribution in [0.1, 0.15) is 32.3 Å². The van der Waals surface area contributed by atoms with Crippen LogP contribution in [0.2, 0.25) is 5.02 Å². The molecule has 0 spiro atoms. The molecule has 0 aromatic heterocycles. The summed E-state index contributed by atoms with van der Waals surface area (Å²) < 4.78 is 0. The zero-order valence-corrected chi connectivity index (χ0v) is 10.8. The van der Waals surface area contributed by atoms with Crippen LogP contribution in [-0.4, -0.2) is 13.1 Å². The van der Waals surface area contributed by atoms with Gasteiger partial charge in [-0.3, -0.25) is 0 Å². The third kappa shape index (κ3) is 2.78. The standard InChI is InChI=1S/C14H20ClN/c1-11(2)9-16-10-14(7-8-14)12-3-5-13(15)6-4-12/h3-6,11,16H,7-10H2,1-2H3. The van der Waals surface area contributed by atoms with E-state index in [-0.39, 0.29) is 0 Å². The molecular formula is C14H20ClN. The van der Waals surface area contributed by atoms with Crippen LogP contribution in [-0.2, 0) is 5.41 Å². The second kappa shape index (κ2) is 4.77. The first kappa shape index (κ1) is 11.9. The Hall–Kier alpha value is -0.530. The molecule has 16 heavy (non-hydrogen) atoms. The number of hydrogen-bond donors (Lipinski definition) is 1. The first-order valence-corrected chi connectivity index (χ1v) is 6.47. The molecule has 1 fully saturated rings. The van der Waals surface area contributed by atoms with Gasteiger partial charge in [-0.15, -0.1) is 0 Å². The Morgan fingerprint density at radius 3 is 2.38 bits per heavy atom. The Bertz CT molecular complexity index is 338. The minimum Gasteiger partial charge on any atom is -0.316 e. The van der Waals surface area contributed by atoms with E-state index in [1.54, 1.807) is 0 Å². The molecule has 1 aromatic rings. The second-order valence-corrected chi connectivity index (χ2v) is 5.75. The second-order valence-electron chi connectivity index (χ2n) is 5.31. The minimum absolute atomic E-state index is 0.402. The summed E-state index contributed by atoms with van der Waals surface area (Å²) in [7, 11) is 0. The van der Waals surface area contributed by atoms with Crippen molar-refractivity contribution in [2.45, 2.75) is 32.1 Å². The molecule has 0 unspecified atom stereocenters. The lowest BCUT2D eigenvalue weighted by Gasteiger charge is -2.17. The highest BCUT2D eigenvalue weighted by atomic mass is 35.5. The predicted octanol–water partition coefficient (Wildman–Crippen LogP) is 3.62. The average Bonchev–Trinajstić information content (AvgIpc) is 2.99. The Morgan fingerprint density at radius 2 is 1.88 bits per heavy atom. The smallest absolute Gasteiger partial charge is 0.0406 e. The van der Waals surface area contributed by atoms with E-state index in [0.29, 0.717) is 5.41 Å². The molecule has 1 nitrogen and oxygen atoms in total. The largest absolute Gasteiger partial charge is 0.316 e. The summed E-state index contributed by atoms with van der Waals surface area (Å²) in [6.45, 7) is 6.70. The summed E-state index contributed by atoms with van der Waals surface area (Å²) in [5.41, 5.74) is 1.84. The van der Waals surface area contributed by atoms with Crippen LogP contribution in [0, 0.1) is 5.92 Å². The van der Waals surface area contributed by atoms with Crippen molar-refractivity contribution in [2.24, 2.45) is 5.92 Å². The lowest BCUT2D eigenvalue weighted by atomic mass is 9.96. The lowest BCUT2D eigenvalue weighted by molar-refractivity contribution is 0.509. The Kier molecular flexibility index (Phi) is 3.56. The molecule has 0 bridgehead atoms. The molecule has 0 amide bonds. The molecule has 0 saturated heterocycles. The number of halogens is 1. The van der Waals surface area contributed by atoms with Crippen LogP contribution in [0.25, 0.3) is 0 Å². The van der Waals surface area contributed by atoms with Gasteiger partial charge in [0.2, 0.25) is 0 Å². The summed E-state index contributed by atoms with van der Waals surface area (Å²) in [6.07, 6.45) is 2.61. The van der Waals surface area contributed by atoms with Gasteiger partial charge in [0.15, 0.2) is 0 Å². The first-order chi connectivity index (χ1) is 7.62. The van der Waals surface area contributed by atoms with E-state index in [1.165, 1.54) is 18.4 Å². The van der Waals surface area contributed by atoms with E-state index in [4.69, 9.17) is 11.6 Å². The zero-order valence-electron chi connectivity index (χ0n) is 10.1. The van der Waals surface area contributed by atoms with Crippen molar-refractivity contribution in [3.63, 3.8) is 0 Å². The molecule has 1 aliphatic rings.